The Bertz CT molecular complexity index is 415. The van der Waals surface area contributed by atoms with Gasteiger partial charge in [0.15, 0.2) is 0 Å². The first kappa shape index (κ1) is 26.3. The van der Waals surface area contributed by atoms with Gasteiger partial charge < -0.3 is 24.8 Å². The van der Waals surface area contributed by atoms with Crippen molar-refractivity contribution < 1.29 is 48.1 Å². The normalized spacial score (nSPS) is 8.19. The fourth-order valence-electron chi connectivity index (χ4n) is 1.20. The van der Waals surface area contributed by atoms with Crippen LogP contribution in [0, 0.1) is 27.7 Å². The average molecular weight is 421 g/mol. The van der Waals surface area contributed by atoms with Crippen molar-refractivity contribution >= 4 is 5.43 Å². The minimum atomic E-state index is 0. The molecule has 0 aliphatic heterocycles. The minimum Gasteiger partial charge on any atom is -1.00 e. The molecule has 0 amide bonds. The Hall–Kier alpha value is 0.380. The molecule has 118 valence electrons. The van der Waals surface area contributed by atoms with Crippen molar-refractivity contribution in [1.29, 1.82) is 0 Å². The largest absolute Gasteiger partial charge is 1.00 e. The van der Waals surface area contributed by atoms with Gasteiger partial charge in [-0.3, -0.25) is 0 Å². The van der Waals surface area contributed by atoms with Crippen LogP contribution in [-0.4, -0.2) is 5.43 Å². The summed E-state index contributed by atoms with van der Waals surface area (Å²) >= 11 is 1.77. The van der Waals surface area contributed by atoms with Crippen molar-refractivity contribution in [3.63, 3.8) is 0 Å². The van der Waals surface area contributed by atoms with E-state index in [4.69, 9.17) is 0 Å². The van der Waals surface area contributed by atoms with Gasteiger partial charge in [-0.05, 0) is 0 Å². The molecule has 0 saturated heterocycles. The SMILES string of the molecule is CC[Si](C)=[Zr+2].Cc1cc[cH-]c1C.Cc1cc[cH-]c1C.[Cl-].[Cl-]. The van der Waals surface area contributed by atoms with E-state index >= 15 is 0 Å². The van der Waals surface area contributed by atoms with Gasteiger partial charge in [0.25, 0.3) is 0 Å². The molecule has 0 nitrogen and oxygen atoms in total. The zero-order valence-electron chi connectivity index (χ0n) is 13.9. The van der Waals surface area contributed by atoms with Crippen LogP contribution in [0.3, 0.4) is 0 Å². The van der Waals surface area contributed by atoms with Crippen LogP contribution in [0.4, 0.5) is 0 Å². The van der Waals surface area contributed by atoms with Gasteiger partial charge in [0, 0.05) is 0 Å². The zero-order chi connectivity index (χ0) is 14.8. The van der Waals surface area contributed by atoms with E-state index in [0.29, 0.717) is 0 Å². The van der Waals surface area contributed by atoms with Crippen LogP contribution in [0.5, 0.6) is 0 Å². The number of hydrogen-bond donors (Lipinski definition) is 0. The number of rotatable bonds is 1. The van der Waals surface area contributed by atoms with Crippen LogP contribution in [0.25, 0.3) is 0 Å². The quantitative estimate of drug-likeness (QED) is 0.420. The van der Waals surface area contributed by atoms with Gasteiger partial charge in [0.1, 0.15) is 0 Å². The molecule has 21 heavy (non-hydrogen) atoms. The Labute approximate surface area is 158 Å². The molecule has 0 heterocycles. The molecule has 0 unspecified atom stereocenters. The first-order chi connectivity index (χ1) is 8.88. The summed E-state index contributed by atoms with van der Waals surface area (Å²) in [6, 6.07) is 14.1. The van der Waals surface area contributed by atoms with Crippen LogP contribution < -0.4 is 24.8 Å². The molecule has 4 heteroatoms. The Balaban J connectivity index is -0.000000225. The maximum absolute atomic E-state index is 2.36. The Morgan fingerprint density at radius 1 is 0.905 bits per heavy atom. The molecular formula is C17H26Cl2SiZr-2. The molecule has 0 aromatic heterocycles. The molecular weight excluding hydrogens is 394 g/mol. The summed E-state index contributed by atoms with van der Waals surface area (Å²) in [6.45, 7) is 13.1. The molecule has 2 aromatic rings. The average Bonchev–Trinajstić information content (AvgIpc) is 2.91. The van der Waals surface area contributed by atoms with Gasteiger partial charge in [-0.1, -0.05) is 27.7 Å². The van der Waals surface area contributed by atoms with E-state index in [1.54, 1.807) is 23.3 Å². The summed E-state index contributed by atoms with van der Waals surface area (Å²) in [6.07, 6.45) is 0. The van der Waals surface area contributed by atoms with Crippen LogP contribution in [0.2, 0.25) is 12.6 Å². The molecule has 0 saturated carbocycles. The van der Waals surface area contributed by atoms with Crippen LogP contribution in [0.15, 0.2) is 36.4 Å². The molecule has 0 atom stereocenters. The van der Waals surface area contributed by atoms with E-state index in [2.05, 4.69) is 77.6 Å². The number of halogens is 2. The second-order valence-corrected chi connectivity index (χ2v) is 13.5. The smallest absolute Gasteiger partial charge is 0.0632 e. The van der Waals surface area contributed by atoms with E-state index in [0.717, 1.165) is 0 Å². The molecule has 0 radical (unpaired) electrons. The number of hydrogen-bond acceptors (Lipinski definition) is 0. The minimum absolute atomic E-state index is 0. The van der Waals surface area contributed by atoms with E-state index in [1.165, 1.54) is 28.3 Å². The molecule has 0 N–H and O–H groups in total. The maximum atomic E-state index is 2.36. The maximum Gasteiger partial charge on any atom is -0.0632 e. The van der Waals surface area contributed by atoms with Crippen molar-refractivity contribution in [2.75, 3.05) is 0 Å². The van der Waals surface area contributed by atoms with E-state index in [-0.39, 0.29) is 30.2 Å². The van der Waals surface area contributed by atoms with Gasteiger partial charge in [-0.25, -0.2) is 12.1 Å². The molecule has 0 aliphatic carbocycles. The van der Waals surface area contributed by atoms with E-state index in [1.807, 2.05) is 0 Å². The van der Waals surface area contributed by atoms with Crippen molar-refractivity contribution in [1.82, 2.24) is 0 Å². The molecule has 2 aromatic carbocycles. The summed E-state index contributed by atoms with van der Waals surface area (Å²) < 4.78 is 0. The third kappa shape index (κ3) is 13.7. The summed E-state index contributed by atoms with van der Waals surface area (Å²) in [5.74, 6) is 0. The molecule has 0 bridgehead atoms. The van der Waals surface area contributed by atoms with Gasteiger partial charge in [0.2, 0.25) is 0 Å². The van der Waals surface area contributed by atoms with Crippen molar-refractivity contribution in [2.24, 2.45) is 0 Å². The third-order valence-electron chi connectivity index (χ3n) is 3.16. The van der Waals surface area contributed by atoms with Crippen molar-refractivity contribution in [2.45, 2.75) is 47.2 Å². The second kappa shape index (κ2) is 15.3. The zero-order valence-corrected chi connectivity index (χ0v) is 18.9. The fraction of sp³-hybridized carbons (Fsp3) is 0.412. The summed E-state index contributed by atoms with van der Waals surface area (Å²) in [4.78, 5) is 0. The standard InChI is InChI=1S/2C7H9.C3H8Si.2ClH.Zr/c2*1-6-4-3-5-7(6)2;1-3-4-2;;;/h2*3-5H,1-2H3;3H2,1-2H3;2*1H;/q2*-1;;;;+2/p-2. The molecule has 0 spiro atoms. The Kier molecular flexibility index (Phi) is 19.1. The summed E-state index contributed by atoms with van der Waals surface area (Å²) in [7, 11) is 0. The first-order valence-electron chi connectivity index (χ1n) is 6.80. The third-order valence-corrected chi connectivity index (χ3v) is 6.83. The Morgan fingerprint density at radius 2 is 1.19 bits per heavy atom. The fourth-order valence-corrected chi connectivity index (χ4v) is 1.20. The van der Waals surface area contributed by atoms with E-state index < -0.39 is 0 Å². The monoisotopic (exact) mass is 418 g/mol. The van der Waals surface area contributed by atoms with Crippen LogP contribution >= 0.6 is 0 Å². The predicted octanol–water partition coefficient (Wildman–Crippen LogP) is -0.773. The van der Waals surface area contributed by atoms with Crippen LogP contribution in [0.1, 0.15) is 29.2 Å². The van der Waals surface area contributed by atoms with Gasteiger partial charge in [-0.2, -0.15) is 46.5 Å². The topological polar surface area (TPSA) is 0 Å². The molecule has 0 aliphatic rings. The van der Waals surface area contributed by atoms with Gasteiger partial charge in [0.05, 0.1) is 0 Å². The Morgan fingerprint density at radius 3 is 1.24 bits per heavy atom. The first-order valence-corrected chi connectivity index (χ1v) is 12.7. The summed E-state index contributed by atoms with van der Waals surface area (Å²) in [5, 5.41) is 0. The van der Waals surface area contributed by atoms with Crippen molar-refractivity contribution in [3.05, 3.63) is 58.7 Å². The molecule has 0 fully saturated rings. The number of aryl methyl sites for hydroxylation is 4. The van der Waals surface area contributed by atoms with E-state index in [9.17, 15) is 0 Å². The van der Waals surface area contributed by atoms with Crippen molar-refractivity contribution in [3.8, 4) is 0 Å². The predicted molar refractivity (Wildman–Crippen MR) is 85.1 cm³/mol. The van der Waals surface area contributed by atoms with Crippen LogP contribution in [-0.2, 0) is 23.3 Å². The van der Waals surface area contributed by atoms with Gasteiger partial charge in [-0.15, -0.1) is 0 Å². The summed E-state index contributed by atoms with van der Waals surface area (Å²) in [5.41, 5.74) is 5.77. The molecule has 2 rings (SSSR count). The van der Waals surface area contributed by atoms with Gasteiger partial charge >= 0.3 is 48.3 Å². The second-order valence-electron chi connectivity index (χ2n) is 4.92.